The molecule has 1 unspecified atom stereocenters. The Balaban J connectivity index is 1.49. The molecule has 2 aromatic rings. The number of carbonyl (C=O) groups is 1. The van der Waals surface area contributed by atoms with Gasteiger partial charge in [-0.25, -0.2) is 4.98 Å². The fraction of sp³-hybridized carbons (Fsp3) is 0.571. The molecular weight excluding hydrogens is 358 g/mol. The van der Waals surface area contributed by atoms with Crippen LogP contribution in [0.5, 0.6) is 5.88 Å². The molecule has 5 nitrogen and oxygen atoms in total. The molecule has 27 heavy (non-hydrogen) atoms. The van der Waals surface area contributed by atoms with Crippen LogP contribution in [0.4, 0.5) is 0 Å². The summed E-state index contributed by atoms with van der Waals surface area (Å²) >= 11 is 1.72. The molecule has 6 heteroatoms. The van der Waals surface area contributed by atoms with E-state index >= 15 is 0 Å². The van der Waals surface area contributed by atoms with Crippen molar-refractivity contribution in [1.29, 1.82) is 0 Å². The van der Waals surface area contributed by atoms with Crippen molar-refractivity contribution in [2.75, 3.05) is 13.1 Å². The van der Waals surface area contributed by atoms with Crippen molar-refractivity contribution in [3.05, 3.63) is 40.0 Å². The summed E-state index contributed by atoms with van der Waals surface area (Å²) in [5.74, 6) is 1.63. The molecular formula is C21H27N3O2S. The van der Waals surface area contributed by atoms with E-state index in [2.05, 4.69) is 27.5 Å². The van der Waals surface area contributed by atoms with Crippen molar-refractivity contribution in [2.45, 2.75) is 63.9 Å². The standard InChI is InChI=1S/C21H27N3O2S/c1-15-13-19(23-16(2)22-15)26-17-7-5-11-24(14-17)20(25)21(9-3-4-10-21)18-8-6-12-27-18/h6,8,12-13,17H,3-5,7,9-11,14H2,1-2H3. The van der Waals surface area contributed by atoms with E-state index in [1.807, 2.05) is 24.8 Å². The van der Waals surface area contributed by atoms with Gasteiger partial charge in [-0.2, -0.15) is 4.98 Å². The smallest absolute Gasteiger partial charge is 0.234 e. The Kier molecular flexibility index (Phi) is 5.17. The van der Waals surface area contributed by atoms with E-state index in [-0.39, 0.29) is 11.5 Å². The molecule has 144 valence electrons. The van der Waals surface area contributed by atoms with Crippen LogP contribution in [0, 0.1) is 13.8 Å². The summed E-state index contributed by atoms with van der Waals surface area (Å²) in [6.07, 6.45) is 6.14. The van der Waals surface area contributed by atoms with Crippen molar-refractivity contribution >= 4 is 17.2 Å². The minimum absolute atomic E-state index is 0.00168. The van der Waals surface area contributed by atoms with Gasteiger partial charge in [0, 0.05) is 23.2 Å². The van der Waals surface area contributed by atoms with Crippen LogP contribution < -0.4 is 4.74 Å². The topological polar surface area (TPSA) is 55.3 Å². The van der Waals surface area contributed by atoms with Gasteiger partial charge in [-0.15, -0.1) is 11.3 Å². The maximum Gasteiger partial charge on any atom is 0.234 e. The van der Waals surface area contributed by atoms with E-state index in [0.29, 0.717) is 18.3 Å². The van der Waals surface area contributed by atoms with Gasteiger partial charge in [0.25, 0.3) is 0 Å². The lowest BCUT2D eigenvalue weighted by molar-refractivity contribution is -0.140. The van der Waals surface area contributed by atoms with Gasteiger partial charge in [-0.1, -0.05) is 18.9 Å². The zero-order valence-corrected chi connectivity index (χ0v) is 16.9. The zero-order chi connectivity index (χ0) is 18.9. The molecule has 1 aliphatic carbocycles. The molecule has 2 aromatic heterocycles. The molecule has 4 rings (SSSR count). The average Bonchev–Trinajstić information content (AvgIpc) is 3.33. The maximum atomic E-state index is 13.6. The van der Waals surface area contributed by atoms with E-state index in [0.717, 1.165) is 56.6 Å². The van der Waals surface area contributed by atoms with E-state index in [4.69, 9.17) is 4.74 Å². The summed E-state index contributed by atoms with van der Waals surface area (Å²) < 4.78 is 6.14. The van der Waals surface area contributed by atoms with Crippen molar-refractivity contribution in [2.24, 2.45) is 0 Å². The van der Waals surface area contributed by atoms with Crippen LogP contribution in [-0.4, -0.2) is 40.0 Å². The number of aryl methyl sites for hydroxylation is 2. The molecule has 3 heterocycles. The van der Waals surface area contributed by atoms with Gasteiger partial charge < -0.3 is 9.64 Å². The van der Waals surface area contributed by atoms with Gasteiger partial charge in [-0.05, 0) is 51.0 Å². The summed E-state index contributed by atoms with van der Waals surface area (Å²) in [6, 6.07) is 6.07. The predicted octanol–water partition coefficient (Wildman–Crippen LogP) is 4.04. The average molecular weight is 386 g/mol. The van der Waals surface area contributed by atoms with E-state index < -0.39 is 0 Å². The second kappa shape index (κ2) is 7.58. The van der Waals surface area contributed by atoms with Gasteiger partial charge in [0.2, 0.25) is 11.8 Å². The predicted molar refractivity (Wildman–Crippen MR) is 106 cm³/mol. The quantitative estimate of drug-likeness (QED) is 0.797. The van der Waals surface area contributed by atoms with Gasteiger partial charge in [0.05, 0.1) is 12.0 Å². The lowest BCUT2D eigenvalue weighted by atomic mass is 9.82. The first-order valence-corrected chi connectivity index (χ1v) is 10.8. The number of piperidine rings is 1. The van der Waals surface area contributed by atoms with Crippen LogP contribution in [0.1, 0.15) is 54.9 Å². The number of aromatic nitrogens is 2. The highest BCUT2D eigenvalue weighted by Gasteiger charge is 2.46. The Labute approximate surface area is 164 Å². The van der Waals surface area contributed by atoms with Gasteiger partial charge in [0.15, 0.2) is 0 Å². The highest BCUT2D eigenvalue weighted by atomic mass is 32.1. The van der Waals surface area contributed by atoms with Crippen molar-refractivity contribution in [3.8, 4) is 5.88 Å². The van der Waals surface area contributed by atoms with E-state index in [1.165, 1.54) is 4.88 Å². The number of nitrogens with zero attached hydrogens (tertiary/aromatic N) is 3. The highest BCUT2D eigenvalue weighted by Crippen LogP contribution is 2.44. The first-order valence-electron chi connectivity index (χ1n) is 9.89. The minimum atomic E-state index is -0.307. The molecule has 0 N–H and O–H groups in total. The third kappa shape index (κ3) is 3.72. The number of ether oxygens (including phenoxy) is 1. The summed E-state index contributed by atoms with van der Waals surface area (Å²) in [7, 11) is 0. The Morgan fingerprint density at radius 3 is 2.78 bits per heavy atom. The molecule has 2 fully saturated rings. The lowest BCUT2D eigenvalue weighted by Gasteiger charge is -2.38. The lowest BCUT2D eigenvalue weighted by Crippen LogP contribution is -2.51. The maximum absolute atomic E-state index is 13.6. The summed E-state index contributed by atoms with van der Waals surface area (Å²) in [4.78, 5) is 25.6. The number of hydrogen-bond acceptors (Lipinski definition) is 5. The third-order valence-corrected chi connectivity index (χ3v) is 6.83. The fourth-order valence-corrected chi connectivity index (χ4v) is 5.51. The molecule has 2 aliphatic rings. The van der Waals surface area contributed by atoms with Crippen molar-refractivity contribution in [3.63, 3.8) is 0 Å². The van der Waals surface area contributed by atoms with E-state index in [9.17, 15) is 4.79 Å². The second-order valence-electron chi connectivity index (χ2n) is 7.79. The number of likely N-dealkylation sites (tertiary alicyclic amines) is 1. The first kappa shape index (κ1) is 18.4. The second-order valence-corrected chi connectivity index (χ2v) is 8.74. The number of carbonyl (C=O) groups excluding carboxylic acids is 1. The molecule has 1 saturated heterocycles. The van der Waals surface area contributed by atoms with Crippen molar-refractivity contribution < 1.29 is 9.53 Å². The Morgan fingerprint density at radius 1 is 1.26 bits per heavy atom. The molecule has 1 amide bonds. The van der Waals surface area contributed by atoms with Crippen LogP contribution >= 0.6 is 11.3 Å². The van der Waals surface area contributed by atoms with E-state index in [1.54, 1.807) is 11.3 Å². The Hall–Kier alpha value is -1.95. The number of hydrogen-bond donors (Lipinski definition) is 0. The number of rotatable bonds is 4. The molecule has 1 saturated carbocycles. The minimum Gasteiger partial charge on any atom is -0.472 e. The molecule has 0 radical (unpaired) electrons. The molecule has 1 atom stereocenters. The van der Waals surface area contributed by atoms with Crippen LogP contribution in [-0.2, 0) is 10.2 Å². The molecule has 0 aromatic carbocycles. The third-order valence-electron chi connectivity index (χ3n) is 5.75. The van der Waals surface area contributed by atoms with Crippen LogP contribution in [0.2, 0.25) is 0 Å². The summed E-state index contributed by atoms with van der Waals surface area (Å²) in [5.41, 5.74) is 0.599. The van der Waals surface area contributed by atoms with Crippen LogP contribution in [0.15, 0.2) is 23.6 Å². The van der Waals surface area contributed by atoms with Crippen LogP contribution in [0.3, 0.4) is 0 Å². The first-order chi connectivity index (χ1) is 13.1. The molecule has 1 aliphatic heterocycles. The Bertz CT molecular complexity index is 780. The van der Waals surface area contributed by atoms with Gasteiger partial charge >= 0.3 is 0 Å². The van der Waals surface area contributed by atoms with Crippen LogP contribution in [0.25, 0.3) is 0 Å². The molecule has 0 spiro atoms. The normalized spacial score (nSPS) is 22.0. The zero-order valence-electron chi connectivity index (χ0n) is 16.1. The monoisotopic (exact) mass is 385 g/mol. The van der Waals surface area contributed by atoms with Crippen molar-refractivity contribution in [1.82, 2.24) is 14.9 Å². The molecule has 0 bridgehead atoms. The summed E-state index contributed by atoms with van der Waals surface area (Å²) in [6.45, 7) is 5.30. The van der Waals surface area contributed by atoms with Gasteiger partial charge in [-0.3, -0.25) is 4.79 Å². The number of thiophene rings is 1. The SMILES string of the molecule is Cc1cc(OC2CCCN(C(=O)C3(c4cccs4)CCCC3)C2)nc(C)n1. The Morgan fingerprint density at radius 2 is 2.07 bits per heavy atom. The fourth-order valence-electron chi connectivity index (χ4n) is 4.53. The summed E-state index contributed by atoms with van der Waals surface area (Å²) in [5, 5.41) is 2.09. The number of amides is 1. The van der Waals surface area contributed by atoms with Gasteiger partial charge in [0.1, 0.15) is 11.9 Å². The largest absolute Gasteiger partial charge is 0.472 e. The highest BCUT2D eigenvalue weighted by molar-refractivity contribution is 7.10.